The van der Waals surface area contributed by atoms with E-state index in [-0.39, 0.29) is 0 Å². The third kappa shape index (κ3) is 4.31. The molecule has 0 bridgehead atoms. The molecule has 0 spiro atoms. The van der Waals surface area contributed by atoms with Crippen molar-refractivity contribution < 1.29 is 8.83 Å². The van der Waals surface area contributed by atoms with E-state index in [1.54, 1.807) is 0 Å². The number of fused-ring (bicyclic) bond motifs is 13. The van der Waals surface area contributed by atoms with Crippen LogP contribution in [0.15, 0.2) is 191 Å². The average molecular weight is 743 g/mol. The van der Waals surface area contributed by atoms with E-state index in [9.17, 15) is 0 Å². The molecule has 5 heterocycles. The first-order valence-electron chi connectivity index (χ1n) is 19.5. The summed E-state index contributed by atoms with van der Waals surface area (Å²) >= 11 is 0. The second-order valence-corrected chi connectivity index (χ2v) is 14.9. The molecule has 58 heavy (non-hydrogen) atoms. The summed E-state index contributed by atoms with van der Waals surface area (Å²) in [5.41, 5.74) is 13.3. The Hall–Kier alpha value is -7.96. The molecule has 0 aliphatic rings. The molecule has 270 valence electrons. The van der Waals surface area contributed by atoms with Crippen molar-refractivity contribution in [2.75, 3.05) is 0 Å². The first-order chi connectivity index (χ1) is 28.8. The third-order valence-electron chi connectivity index (χ3n) is 11.7. The van der Waals surface area contributed by atoms with E-state index in [0.717, 1.165) is 77.7 Å². The van der Waals surface area contributed by atoms with Crippen LogP contribution in [0.4, 0.5) is 0 Å². The molecule has 0 aliphatic heterocycles. The Labute approximate surface area is 330 Å². The fraction of sp³-hybridized carbons (Fsp3) is 0. The zero-order valence-corrected chi connectivity index (χ0v) is 30.9. The number of hydrogen-bond acceptors (Lipinski definition) is 4. The highest BCUT2D eigenvalue weighted by Gasteiger charge is 2.23. The molecule has 13 rings (SSSR count). The average Bonchev–Trinajstić information content (AvgIpc) is 4.04. The van der Waals surface area contributed by atoms with Crippen molar-refractivity contribution in [1.29, 1.82) is 0 Å². The Bertz CT molecular complexity index is 3800. The monoisotopic (exact) mass is 742 g/mol. The predicted octanol–water partition coefficient (Wildman–Crippen LogP) is 13.8. The number of rotatable bonds is 4. The molecule has 0 saturated heterocycles. The summed E-state index contributed by atoms with van der Waals surface area (Å²) in [5.74, 6) is 0.616. The Kier molecular flexibility index (Phi) is 6.35. The second-order valence-electron chi connectivity index (χ2n) is 14.9. The molecule has 8 aromatic carbocycles. The van der Waals surface area contributed by atoms with E-state index in [0.29, 0.717) is 11.4 Å². The molecule has 0 amide bonds. The van der Waals surface area contributed by atoms with E-state index < -0.39 is 0 Å². The van der Waals surface area contributed by atoms with Gasteiger partial charge in [-0.15, -0.1) is 0 Å². The maximum atomic E-state index is 6.58. The molecule has 0 fully saturated rings. The van der Waals surface area contributed by atoms with Gasteiger partial charge in [-0.1, -0.05) is 109 Å². The van der Waals surface area contributed by atoms with Gasteiger partial charge in [-0.2, -0.15) is 0 Å². The minimum absolute atomic E-state index is 0.616. The fourth-order valence-corrected chi connectivity index (χ4v) is 9.29. The summed E-state index contributed by atoms with van der Waals surface area (Å²) in [6.45, 7) is 0. The lowest BCUT2D eigenvalue weighted by Gasteiger charge is -2.10. The van der Waals surface area contributed by atoms with E-state index in [1.807, 2.05) is 48.5 Å². The van der Waals surface area contributed by atoms with E-state index in [4.69, 9.17) is 18.8 Å². The quantitative estimate of drug-likeness (QED) is 0.180. The molecule has 13 aromatic rings. The zero-order chi connectivity index (χ0) is 37.9. The predicted molar refractivity (Wildman–Crippen MR) is 236 cm³/mol. The Morgan fingerprint density at radius 3 is 1.72 bits per heavy atom. The van der Waals surface area contributed by atoms with Gasteiger partial charge in [0, 0.05) is 60.2 Å². The van der Waals surface area contributed by atoms with Crippen LogP contribution in [0.5, 0.6) is 0 Å². The molecule has 0 radical (unpaired) electrons. The van der Waals surface area contributed by atoms with Crippen LogP contribution in [0.2, 0.25) is 0 Å². The summed E-state index contributed by atoms with van der Waals surface area (Å²) in [7, 11) is 0. The molecule has 0 saturated carbocycles. The van der Waals surface area contributed by atoms with Gasteiger partial charge in [0.1, 0.15) is 28.0 Å². The molecule has 0 atom stereocenters. The van der Waals surface area contributed by atoms with Gasteiger partial charge in [-0.05, 0) is 72.8 Å². The van der Waals surface area contributed by atoms with Crippen molar-refractivity contribution >= 4 is 87.6 Å². The molecule has 0 unspecified atom stereocenters. The standard InChI is InChI=1S/C52H30N4O2/c1-3-14-31(15-4-1)49-51-50(36-20-9-12-24-43(36)58-51)54-52(53-49)37-21-13-25-45-46(37)38-30-33(26-29-44(38)57-45)56-40-23-11-8-19-35(40)48-42(56)28-27-41-47(48)34-18-7-10-22-39(34)55(41)32-16-5-2-6-17-32/h1-30H. The van der Waals surface area contributed by atoms with Crippen LogP contribution < -0.4 is 0 Å². The molecular formula is C52H30N4O2. The van der Waals surface area contributed by atoms with Gasteiger partial charge in [0.15, 0.2) is 11.4 Å². The second kappa shape index (κ2) is 11.8. The normalized spacial score (nSPS) is 12.1. The maximum Gasteiger partial charge on any atom is 0.180 e. The fourth-order valence-electron chi connectivity index (χ4n) is 9.29. The minimum Gasteiger partial charge on any atom is -0.456 e. The van der Waals surface area contributed by atoms with Crippen molar-refractivity contribution in [3.63, 3.8) is 0 Å². The Morgan fingerprint density at radius 2 is 0.983 bits per heavy atom. The first-order valence-corrected chi connectivity index (χ1v) is 19.5. The number of nitrogens with zero attached hydrogens (tertiary/aromatic N) is 4. The number of furan rings is 2. The van der Waals surface area contributed by atoms with Gasteiger partial charge in [0.2, 0.25) is 0 Å². The number of aromatic nitrogens is 4. The van der Waals surface area contributed by atoms with Crippen molar-refractivity contribution in [1.82, 2.24) is 19.1 Å². The lowest BCUT2D eigenvalue weighted by molar-refractivity contribution is 0.667. The molecule has 0 aliphatic carbocycles. The van der Waals surface area contributed by atoms with Gasteiger partial charge >= 0.3 is 0 Å². The SMILES string of the molecule is c1ccc(-c2nc(-c3cccc4oc5ccc(-n6c7ccccc7c7c8c9ccccc9n(-c9ccccc9)c8ccc76)cc5c34)nc3c2oc2ccccc23)cc1. The maximum absolute atomic E-state index is 6.58. The lowest BCUT2D eigenvalue weighted by atomic mass is 10.0. The van der Waals surface area contributed by atoms with Crippen LogP contribution in [0.25, 0.3) is 122 Å². The highest BCUT2D eigenvalue weighted by Crippen LogP contribution is 2.44. The van der Waals surface area contributed by atoms with Crippen molar-refractivity contribution in [2.45, 2.75) is 0 Å². The van der Waals surface area contributed by atoms with Gasteiger partial charge < -0.3 is 18.0 Å². The highest BCUT2D eigenvalue weighted by molar-refractivity contribution is 6.29. The molecule has 6 nitrogen and oxygen atoms in total. The molecule has 5 aromatic heterocycles. The van der Waals surface area contributed by atoms with E-state index >= 15 is 0 Å². The number of benzene rings is 8. The van der Waals surface area contributed by atoms with Crippen LogP contribution in [-0.4, -0.2) is 19.1 Å². The summed E-state index contributed by atoms with van der Waals surface area (Å²) in [6, 6.07) is 63.6. The van der Waals surface area contributed by atoms with Crippen LogP contribution in [-0.2, 0) is 0 Å². The first kappa shape index (κ1) is 31.3. The summed E-state index contributed by atoms with van der Waals surface area (Å²) in [4.78, 5) is 10.5. The van der Waals surface area contributed by atoms with Gasteiger partial charge in [0.05, 0.1) is 22.1 Å². The number of para-hydroxylation sites is 4. The zero-order valence-electron chi connectivity index (χ0n) is 30.9. The lowest BCUT2D eigenvalue weighted by Crippen LogP contribution is -1.95. The largest absolute Gasteiger partial charge is 0.456 e. The smallest absolute Gasteiger partial charge is 0.180 e. The van der Waals surface area contributed by atoms with Crippen LogP contribution in [0.3, 0.4) is 0 Å². The molecule has 6 heteroatoms. The van der Waals surface area contributed by atoms with Crippen LogP contribution >= 0.6 is 0 Å². The Balaban J connectivity index is 1.08. The van der Waals surface area contributed by atoms with Gasteiger partial charge in [-0.25, -0.2) is 9.97 Å². The third-order valence-corrected chi connectivity index (χ3v) is 11.7. The number of hydrogen-bond donors (Lipinski definition) is 0. The van der Waals surface area contributed by atoms with Crippen molar-refractivity contribution in [3.05, 3.63) is 182 Å². The van der Waals surface area contributed by atoms with Gasteiger partial charge in [-0.3, -0.25) is 0 Å². The topological polar surface area (TPSA) is 61.9 Å². The van der Waals surface area contributed by atoms with Gasteiger partial charge in [0.25, 0.3) is 0 Å². The minimum atomic E-state index is 0.616. The molecular weight excluding hydrogens is 713 g/mol. The summed E-state index contributed by atoms with van der Waals surface area (Å²) in [6.07, 6.45) is 0. The highest BCUT2D eigenvalue weighted by atomic mass is 16.3. The van der Waals surface area contributed by atoms with E-state index in [2.05, 4.69) is 143 Å². The summed E-state index contributed by atoms with van der Waals surface area (Å²) in [5, 5.41) is 7.85. The van der Waals surface area contributed by atoms with Crippen molar-refractivity contribution in [2.24, 2.45) is 0 Å². The molecule has 0 N–H and O–H groups in total. The van der Waals surface area contributed by atoms with Crippen LogP contribution in [0, 0.1) is 0 Å². The van der Waals surface area contributed by atoms with Crippen molar-refractivity contribution in [3.8, 4) is 34.0 Å². The van der Waals surface area contributed by atoms with Crippen LogP contribution in [0.1, 0.15) is 0 Å². The summed E-state index contributed by atoms with van der Waals surface area (Å²) < 4.78 is 17.8. The Morgan fingerprint density at radius 1 is 0.379 bits per heavy atom. The van der Waals surface area contributed by atoms with E-state index in [1.165, 1.54) is 32.6 Å².